The van der Waals surface area contributed by atoms with Gasteiger partial charge in [0.15, 0.2) is 0 Å². The molecule has 6 heteroatoms. The molecule has 2 aliphatic rings. The summed E-state index contributed by atoms with van der Waals surface area (Å²) in [4.78, 5) is 28.3. The summed E-state index contributed by atoms with van der Waals surface area (Å²) >= 11 is 0. The molecule has 2 aliphatic heterocycles. The highest BCUT2D eigenvalue weighted by atomic mass is 16.3. The van der Waals surface area contributed by atoms with Crippen LogP contribution in [0, 0.1) is 6.92 Å². The fourth-order valence-electron chi connectivity index (χ4n) is 4.48. The van der Waals surface area contributed by atoms with Gasteiger partial charge >= 0.3 is 6.03 Å². The molecule has 0 saturated carbocycles. The Labute approximate surface area is 162 Å². The SMILES string of the molecule is Cc1ccc(Cn2c3c(c4cc(O)ccc42)C2CN(C3)C(=O)N(C)C2=O)cc1. The first-order chi connectivity index (χ1) is 13.4. The van der Waals surface area contributed by atoms with Crippen molar-refractivity contribution in [1.29, 1.82) is 0 Å². The number of benzene rings is 2. The number of aromatic nitrogens is 1. The molecule has 1 aromatic heterocycles. The monoisotopic (exact) mass is 375 g/mol. The molecule has 1 unspecified atom stereocenters. The number of amides is 3. The number of imide groups is 1. The number of nitrogens with zero attached hydrogens (tertiary/aromatic N) is 3. The molecule has 6 nitrogen and oxygen atoms in total. The van der Waals surface area contributed by atoms with Crippen LogP contribution in [0.3, 0.4) is 0 Å². The summed E-state index contributed by atoms with van der Waals surface area (Å²) in [5, 5.41) is 11.0. The second-order valence-corrected chi connectivity index (χ2v) is 7.75. The van der Waals surface area contributed by atoms with Gasteiger partial charge in [0.25, 0.3) is 0 Å². The minimum Gasteiger partial charge on any atom is -0.508 e. The van der Waals surface area contributed by atoms with E-state index in [1.165, 1.54) is 17.5 Å². The summed E-state index contributed by atoms with van der Waals surface area (Å²) in [6.45, 7) is 3.56. The second kappa shape index (κ2) is 5.86. The van der Waals surface area contributed by atoms with Gasteiger partial charge in [0.2, 0.25) is 5.91 Å². The molecule has 2 aromatic carbocycles. The van der Waals surface area contributed by atoms with Crippen LogP contribution in [-0.2, 0) is 17.9 Å². The van der Waals surface area contributed by atoms with Gasteiger partial charge in [-0.15, -0.1) is 0 Å². The summed E-state index contributed by atoms with van der Waals surface area (Å²) in [7, 11) is 1.54. The average molecular weight is 375 g/mol. The summed E-state index contributed by atoms with van der Waals surface area (Å²) in [5.74, 6) is -0.396. The van der Waals surface area contributed by atoms with Crippen LogP contribution in [0.1, 0.15) is 28.3 Å². The number of phenolic OH excluding ortho intramolecular Hbond substituents is 1. The number of carbonyl (C=O) groups excluding carboxylic acids is 2. The Morgan fingerprint density at radius 2 is 1.86 bits per heavy atom. The lowest BCUT2D eigenvalue weighted by atomic mass is 9.89. The predicted octanol–water partition coefficient (Wildman–Crippen LogP) is 3.19. The van der Waals surface area contributed by atoms with Gasteiger partial charge in [-0.05, 0) is 36.2 Å². The van der Waals surface area contributed by atoms with Crippen molar-refractivity contribution in [3.8, 4) is 5.75 Å². The van der Waals surface area contributed by atoms with E-state index in [1.54, 1.807) is 17.0 Å². The third kappa shape index (κ3) is 2.34. The van der Waals surface area contributed by atoms with Crippen LogP contribution < -0.4 is 0 Å². The molecule has 142 valence electrons. The summed E-state index contributed by atoms with van der Waals surface area (Å²) in [6, 6.07) is 13.4. The van der Waals surface area contributed by atoms with E-state index in [9.17, 15) is 14.7 Å². The van der Waals surface area contributed by atoms with Crippen LogP contribution in [-0.4, -0.2) is 45.0 Å². The maximum Gasteiger partial charge on any atom is 0.326 e. The van der Waals surface area contributed by atoms with Gasteiger partial charge in [0, 0.05) is 36.7 Å². The first-order valence-corrected chi connectivity index (χ1v) is 9.40. The number of likely N-dealkylation sites (N-methyl/N-ethyl adjacent to an activating group) is 1. The predicted molar refractivity (Wildman–Crippen MR) is 105 cm³/mol. The van der Waals surface area contributed by atoms with Crippen LogP contribution in [0.25, 0.3) is 10.9 Å². The Morgan fingerprint density at radius 3 is 2.61 bits per heavy atom. The number of phenols is 1. The Hall–Kier alpha value is -3.28. The minimum atomic E-state index is -0.394. The molecule has 0 radical (unpaired) electrons. The average Bonchev–Trinajstić information content (AvgIpc) is 2.99. The topological polar surface area (TPSA) is 65.8 Å². The van der Waals surface area contributed by atoms with E-state index >= 15 is 0 Å². The number of aromatic hydroxyl groups is 1. The van der Waals surface area contributed by atoms with Crippen molar-refractivity contribution in [2.45, 2.75) is 25.9 Å². The molecule has 1 saturated heterocycles. The molecule has 2 bridgehead atoms. The van der Waals surface area contributed by atoms with Gasteiger partial charge in [-0.2, -0.15) is 0 Å². The molecular formula is C22H21N3O3. The number of urea groups is 1. The molecule has 5 rings (SSSR count). The summed E-state index contributed by atoms with van der Waals surface area (Å²) in [6.07, 6.45) is 0. The molecule has 3 aromatic rings. The van der Waals surface area contributed by atoms with Gasteiger partial charge in [-0.3, -0.25) is 9.69 Å². The van der Waals surface area contributed by atoms with Crippen molar-refractivity contribution in [3.05, 3.63) is 64.8 Å². The zero-order valence-corrected chi connectivity index (χ0v) is 15.8. The van der Waals surface area contributed by atoms with E-state index in [2.05, 4.69) is 35.8 Å². The Kier molecular flexibility index (Phi) is 3.53. The van der Waals surface area contributed by atoms with Crippen LogP contribution in [0.5, 0.6) is 5.75 Å². The Bertz CT molecular complexity index is 1130. The molecule has 1 fully saturated rings. The zero-order chi connectivity index (χ0) is 19.6. The van der Waals surface area contributed by atoms with Gasteiger partial charge in [0.05, 0.1) is 12.5 Å². The van der Waals surface area contributed by atoms with E-state index in [0.29, 0.717) is 19.6 Å². The quantitative estimate of drug-likeness (QED) is 0.748. The fraction of sp³-hybridized carbons (Fsp3) is 0.273. The number of fused-ring (bicyclic) bond motifs is 6. The van der Waals surface area contributed by atoms with Crippen molar-refractivity contribution in [2.75, 3.05) is 13.6 Å². The Balaban J connectivity index is 1.73. The number of carbonyl (C=O) groups is 2. The normalized spacial score (nSPS) is 18.7. The lowest BCUT2D eigenvalue weighted by Gasteiger charge is -2.41. The van der Waals surface area contributed by atoms with Crippen molar-refractivity contribution in [3.63, 3.8) is 0 Å². The van der Waals surface area contributed by atoms with E-state index in [0.717, 1.165) is 27.7 Å². The highest BCUT2D eigenvalue weighted by Crippen LogP contribution is 2.41. The third-order valence-electron chi connectivity index (χ3n) is 5.94. The van der Waals surface area contributed by atoms with Crippen molar-refractivity contribution < 1.29 is 14.7 Å². The molecule has 1 atom stereocenters. The first-order valence-electron chi connectivity index (χ1n) is 9.40. The van der Waals surface area contributed by atoms with E-state index in [-0.39, 0.29) is 17.7 Å². The lowest BCUT2D eigenvalue weighted by molar-refractivity contribution is -0.132. The standard InChI is InChI=1S/C22H21N3O3/c1-13-3-5-14(6-4-13)10-25-18-8-7-15(26)9-16(18)20-17-11-24(12-19(20)25)22(28)23(2)21(17)27/h3-9,17,26H,10-12H2,1-2H3. The van der Waals surface area contributed by atoms with E-state index < -0.39 is 5.92 Å². The van der Waals surface area contributed by atoms with Crippen LogP contribution >= 0.6 is 0 Å². The van der Waals surface area contributed by atoms with Gasteiger partial charge < -0.3 is 14.6 Å². The summed E-state index contributed by atoms with van der Waals surface area (Å²) in [5.41, 5.74) is 5.25. The van der Waals surface area contributed by atoms with Crippen molar-refractivity contribution >= 4 is 22.8 Å². The molecule has 0 spiro atoms. The molecule has 0 aliphatic carbocycles. The molecular weight excluding hydrogens is 354 g/mol. The maximum absolute atomic E-state index is 12.8. The van der Waals surface area contributed by atoms with Gasteiger partial charge in [-0.1, -0.05) is 29.8 Å². The zero-order valence-electron chi connectivity index (χ0n) is 15.8. The van der Waals surface area contributed by atoms with Crippen LogP contribution in [0.2, 0.25) is 0 Å². The van der Waals surface area contributed by atoms with Crippen molar-refractivity contribution in [1.82, 2.24) is 14.4 Å². The van der Waals surface area contributed by atoms with Crippen molar-refractivity contribution in [2.24, 2.45) is 0 Å². The minimum absolute atomic E-state index is 0.179. The molecule has 28 heavy (non-hydrogen) atoms. The fourth-order valence-corrected chi connectivity index (χ4v) is 4.48. The number of aryl methyl sites for hydroxylation is 1. The molecule has 3 heterocycles. The van der Waals surface area contributed by atoms with Gasteiger partial charge in [0.1, 0.15) is 5.75 Å². The molecule has 1 N–H and O–H groups in total. The lowest BCUT2D eigenvalue weighted by Crippen LogP contribution is -2.56. The maximum atomic E-state index is 12.8. The Morgan fingerprint density at radius 1 is 1.11 bits per heavy atom. The van der Waals surface area contributed by atoms with E-state index in [4.69, 9.17) is 0 Å². The smallest absolute Gasteiger partial charge is 0.326 e. The van der Waals surface area contributed by atoms with Crippen LogP contribution in [0.4, 0.5) is 4.79 Å². The third-order valence-corrected chi connectivity index (χ3v) is 5.94. The summed E-state index contributed by atoms with van der Waals surface area (Å²) < 4.78 is 2.18. The number of rotatable bonds is 2. The van der Waals surface area contributed by atoms with Gasteiger partial charge in [-0.25, -0.2) is 4.79 Å². The number of hydrogen-bond donors (Lipinski definition) is 1. The number of hydrogen-bond acceptors (Lipinski definition) is 3. The van der Waals surface area contributed by atoms with Crippen LogP contribution in [0.15, 0.2) is 42.5 Å². The second-order valence-electron chi connectivity index (χ2n) is 7.75. The van der Waals surface area contributed by atoms with E-state index in [1.807, 2.05) is 6.07 Å². The first kappa shape index (κ1) is 16.9. The highest BCUT2D eigenvalue weighted by Gasteiger charge is 2.44. The largest absolute Gasteiger partial charge is 0.508 e. The molecule has 3 amide bonds. The highest BCUT2D eigenvalue weighted by molar-refractivity contribution is 6.04.